The van der Waals surface area contributed by atoms with E-state index in [9.17, 15) is 0 Å². The summed E-state index contributed by atoms with van der Waals surface area (Å²) < 4.78 is 2.37. The van der Waals surface area contributed by atoms with Crippen molar-refractivity contribution in [2.75, 3.05) is 6.54 Å². The highest BCUT2D eigenvalue weighted by molar-refractivity contribution is 5.36. The van der Waals surface area contributed by atoms with Gasteiger partial charge in [0.15, 0.2) is 0 Å². The quantitative estimate of drug-likeness (QED) is 0.911. The fourth-order valence-electron chi connectivity index (χ4n) is 3.09. The number of aromatic nitrogens is 2. The van der Waals surface area contributed by atoms with Gasteiger partial charge in [0.05, 0.1) is 5.92 Å². The van der Waals surface area contributed by atoms with Gasteiger partial charge in [-0.3, -0.25) is 0 Å². The molecule has 1 aromatic heterocycles. The molecule has 19 heavy (non-hydrogen) atoms. The summed E-state index contributed by atoms with van der Waals surface area (Å²) >= 11 is 0. The highest BCUT2D eigenvalue weighted by Crippen LogP contribution is 2.33. The molecule has 0 unspecified atom stereocenters. The van der Waals surface area contributed by atoms with E-state index in [-0.39, 0.29) is 0 Å². The van der Waals surface area contributed by atoms with E-state index in [1.54, 1.807) is 0 Å². The van der Waals surface area contributed by atoms with E-state index < -0.39 is 0 Å². The highest BCUT2D eigenvalue weighted by Gasteiger charge is 2.27. The average molecular weight is 253 g/mol. The maximum atomic E-state index is 4.64. The van der Waals surface area contributed by atoms with E-state index in [1.807, 2.05) is 6.20 Å². The molecule has 3 nitrogen and oxygen atoms in total. The summed E-state index contributed by atoms with van der Waals surface area (Å²) in [5.74, 6) is 2.52. The van der Waals surface area contributed by atoms with Crippen molar-refractivity contribution >= 4 is 0 Å². The van der Waals surface area contributed by atoms with Crippen molar-refractivity contribution in [3.05, 3.63) is 53.6 Å². The van der Waals surface area contributed by atoms with Crippen LogP contribution in [-0.4, -0.2) is 16.1 Å². The molecule has 1 aliphatic heterocycles. The van der Waals surface area contributed by atoms with Crippen molar-refractivity contribution in [3.8, 4) is 0 Å². The monoisotopic (exact) mass is 253 g/mol. The molecule has 1 saturated carbocycles. The van der Waals surface area contributed by atoms with Gasteiger partial charge in [-0.05, 0) is 29.9 Å². The summed E-state index contributed by atoms with van der Waals surface area (Å²) in [5, 5.41) is 3.52. The smallest absolute Gasteiger partial charge is 0.117 e. The molecule has 1 aromatic carbocycles. The van der Waals surface area contributed by atoms with Gasteiger partial charge in [-0.1, -0.05) is 24.3 Å². The van der Waals surface area contributed by atoms with Gasteiger partial charge in [0.2, 0.25) is 0 Å². The minimum Gasteiger partial charge on any atom is -0.334 e. The molecule has 0 radical (unpaired) electrons. The zero-order valence-electron chi connectivity index (χ0n) is 11.0. The van der Waals surface area contributed by atoms with Crippen LogP contribution in [0.4, 0.5) is 0 Å². The lowest BCUT2D eigenvalue weighted by molar-refractivity contribution is 0.525. The molecule has 1 fully saturated rings. The summed E-state index contributed by atoms with van der Waals surface area (Å²) in [6.45, 7) is 3.13. The van der Waals surface area contributed by atoms with E-state index >= 15 is 0 Å². The van der Waals surface area contributed by atoms with Crippen molar-refractivity contribution in [1.29, 1.82) is 0 Å². The Morgan fingerprint density at radius 1 is 1.26 bits per heavy atom. The molecule has 2 heterocycles. The lowest BCUT2D eigenvalue weighted by Gasteiger charge is -2.26. The first-order chi connectivity index (χ1) is 9.42. The minimum atomic E-state index is 0.402. The third-order valence-electron chi connectivity index (χ3n) is 4.31. The van der Waals surface area contributed by atoms with E-state index in [2.05, 4.69) is 45.3 Å². The second kappa shape index (κ2) is 4.49. The van der Waals surface area contributed by atoms with Gasteiger partial charge in [0.1, 0.15) is 5.82 Å². The average Bonchev–Trinajstić information content (AvgIpc) is 3.15. The van der Waals surface area contributed by atoms with Crippen LogP contribution in [0, 0.1) is 5.92 Å². The summed E-state index contributed by atoms with van der Waals surface area (Å²) in [5.41, 5.74) is 2.87. The lowest BCUT2D eigenvalue weighted by atomic mass is 9.90. The van der Waals surface area contributed by atoms with Crippen LogP contribution in [0.5, 0.6) is 0 Å². The molecule has 0 bridgehead atoms. The van der Waals surface area contributed by atoms with Crippen molar-refractivity contribution in [3.63, 3.8) is 0 Å². The Kier molecular flexibility index (Phi) is 2.66. The molecule has 1 N–H and O–H groups in total. The van der Waals surface area contributed by atoms with Crippen LogP contribution in [0.15, 0.2) is 36.7 Å². The number of imidazole rings is 1. The van der Waals surface area contributed by atoms with Gasteiger partial charge >= 0.3 is 0 Å². The Bertz CT molecular complexity index is 583. The second-order valence-corrected chi connectivity index (χ2v) is 5.76. The molecule has 1 atom stereocenters. The molecular formula is C16H19N3. The van der Waals surface area contributed by atoms with Crippen LogP contribution in [0.2, 0.25) is 0 Å². The van der Waals surface area contributed by atoms with Crippen LogP contribution < -0.4 is 5.32 Å². The topological polar surface area (TPSA) is 29.9 Å². The maximum Gasteiger partial charge on any atom is 0.117 e. The normalized spacial score (nSPS) is 22.2. The number of nitrogens with one attached hydrogen (secondary N) is 1. The lowest BCUT2D eigenvalue weighted by Crippen LogP contribution is -2.30. The van der Waals surface area contributed by atoms with Crippen LogP contribution in [0.3, 0.4) is 0 Å². The van der Waals surface area contributed by atoms with Gasteiger partial charge in [-0.15, -0.1) is 0 Å². The fourth-order valence-corrected chi connectivity index (χ4v) is 3.09. The van der Waals surface area contributed by atoms with Gasteiger partial charge < -0.3 is 9.88 Å². The van der Waals surface area contributed by atoms with Gasteiger partial charge in [-0.25, -0.2) is 4.98 Å². The third-order valence-corrected chi connectivity index (χ3v) is 4.31. The molecule has 0 spiro atoms. The molecule has 2 aliphatic rings. The Labute approximate surface area is 113 Å². The van der Waals surface area contributed by atoms with E-state index in [1.165, 1.54) is 29.8 Å². The fraction of sp³-hybridized carbons (Fsp3) is 0.438. The second-order valence-electron chi connectivity index (χ2n) is 5.76. The summed E-state index contributed by atoms with van der Waals surface area (Å²) in [6, 6.07) is 8.75. The molecule has 98 valence electrons. The van der Waals surface area contributed by atoms with Crippen LogP contribution in [0.25, 0.3) is 0 Å². The first-order valence-electron chi connectivity index (χ1n) is 7.21. The SMILES string of the molecule is c1ccc2c(c1)CNC[C@@H]2c1nccn1CC1CC1. The van der Waals surface area contributed by atoms with E-state index in [0.717, 1.165) is 25.6 Å². The van der Waals surface area contributed by atoms with Crippen molar-refractivity contribution in [1.82, 2.24) is 14.9 Å². The Morgan fingerprint density at radius 2 is 2.16 bits per heavy atom. The molecule has 2 aromatic rings. The zero-order valence-corrected chi connectivity index (χ0v) is 11.0. The number of hydrogen-bond donors (Lipinski definition) is 1. The third kappa shape index (κ3) is 2.08. The Balaban J connectivity index is 1.71. The van der Waals surface area contributed by atoms with Crippen LogP contribution >= 0.6 is 0 Å². The van der Waals surface area contributed by atoms with Gasteiger partial charge in [0.25, 0.3) is 0 Å². The van der Waals surface area contributed by atoms with Gasteiger partial charge in [-0.2, -0.15) is 0 Å². The highest BCUT2D eigenvalue weighted by atomic mass is 15.1. The Hall–Kier alpha value is -1.61. The molecule has 4 rings (SSSR count). The molecule has 3 heteroatoms. The van der Waals surface area contributed by atoms with Crippen molar-refractivity contribution in [2.24, 2.45) is 5.92 Å². The number of benzene rings is 1. The molecule has 1 aliphatic carbocycles. The number of nitrogens with zero attached hydrogens (tertiary/aromatic N) is 2. The minimum absolute atomic E-state index is 0.402. The Morgan fingerprint density at radius 3 is 3.05 bits per heavy atom. The maximum absolute atomic E-state index is 4.64. The zero-order chi connectivity index (χ0) is 12.7. The molecule has 0 saturated heterocycles. The molecule has 0 amide bonds. The van der Waals surface area contributed by atoms with Crippen LogP contribution in [-0.2, 0) is 13.1 Å². The first-order valence-corrected chi connectivity index (χ1v) is 7.21. The van der Waals surface area contributed by atoms with E-state index in [4.69, 9.17) is 0 Å². The van der Waals surface area contributed by atoms with Crippen LogP contribution in [0.1, 0.15) is 35.7 Å². The number of hydrogen-bond acceptors (Lipinski definition) is 2. The van der Waals surface area contributed by atoms with E-state index in [0.29, 0.717) is 5.92 Å². The standard InChI is InChI=1S/C16H19N3/c1-2-4-14-13(3-1)9-17-10-15(14)16-18-7-8-19(16)11-12-5-6-12/h1-4,7-8,12,15,17H,5-6,9-11H2/t15-/m0/s1. The van der Waals surface area contributed by atoms with Crippen molar-refractivity contribution < 1.29 is 0 Å². The summed E-state index contributed by atoms with van der Waals surface area (Å²) in [4.78, 5) is 4.64. The largest absolute Gasteiger partial charge is 0.334 e. The predicted molar refractivity (Wildman–Crippen MR) is 74.9 cm³/mol. The number of fused-ring (bicyclic) bond motifs is 1. The first kappa shape index (κ1) is 11.2. The number of rotatable bonds is 3. The summed E-state index contributed by atoms with van der Waals surface area (Å²) in [7, 11) is 0. The van der Waals surface area contributed by atoms with Crippen molar-refractivity contribution in [2.45, 2.75) is 31.8 Å². The molecular weight excluding hydrogens is 234 g/mol. The summed E-state index contributed by atoms with van der Waals surface area (Å²) in [6.07, 6.45) is 6.87. The van der Waals surface area contributed by atoms with Gasteiger partial charge in [0, 0.05) is 32.0 Å². The predicted octanol–water partition coefficient (Wildman–Crippen LogP) is 2.53.